The van der Waals surface area contributed by atoms with E-state index in [1.54, 1.807) is 18.2 Å². The van der Waals surface area contributed by atoms with Gasteiger partial charge in [-0.1, -0.05) is 12.1 Å². The highest BCUT2D eigenvalue weighted by atomic mass is 16.7. The molecule has 2 N–H and O–H groups in total. The maximum Gasteiger partial charge on any atom is 0.292 e. The van der Waals surface area contributed by atoms with Crippen LogP contribution in [0.25, 0.3) is 11.1 Å². The van der Waals surface area contributed by atoms with E-state index in [4.69, 9.17) is 15.2 Å². The molecule has 0 atom stereocenters. The molecule has 1 heterocycles. The second-order valence-electron chi connectivity index (χ2n) is 4.10. The number of nitrogens with two attached hydrogens (primary N) is 1. The van der Waals surface area contributed by atoms with Crippen molar-refractivity contribution in [3.8, 4) is 22.6 Å². The van der Waals surface area contributed by atoms with Gasteiger partial charge >= 0.3 is 0 Å². The lowest BCUT2D eigenvalue weighted by molar-refractivity contribution is -0.383. The molecule has 3 rings (SSSR count). The van der Waals surface area contributed by atoms with Crippen molar-refractivity contribution in [2.24, 2.45) is 0 Å². The Kier molecular flexibility index (Phi) is 2.49. The molecule has 96 valence electrons. The number of fused-ring (bicyclic) bond motifs is 1. The van der Waals surface area contributed by atoms with Crippen LogP contribution in [0.15, 0.2) is 36.4 Å². The molecule has 2 aromatic carbocycles. The van der Waals surface area contributed by atoms with Gasteiger partial charge in [-0.05, 0) is 29.3 Å². The summed E-state index contributed by atoms with van der Waals surface area (Å²) < 4.78 is 10.5. The molecule has 1 aliphatic rings. The number of anilines is 1. The molecular weight excluding hydrogens is 248 g/mol. The third-order valence-electron chi connectivity index (χ3n) is 2.93. The first kappa shape index (κ1) is 11.3. The zero-order chi connectivity index (χ0) is 13.4. The first-order chi connectivity index (χ1) is 9.15. The molecule has 0 aliphatic carbocycles. The predicted molar refractivity (Wildman–Crippen MR) is 69.1 cm³/mol. The van der Waals surface area contributed by atoms with Crippen molar-refractivity contribution < 1.29 is 14.4 Å². The third-order valence-corrected chi connectivity index (χ3v) is 2.93. The Hall–Kier alpha value is -2.76. The number of benzene rings is 2. The van der Waals surface area contributed by atoms with E-state index in [-0.39, 0.29) is 18.2 Å². The standard InChI is InChI=1S/C13H10N2O4/c14-10-3-1-8(5-11(10)15(16)17)9-2-4-12-13(6-9)19-7-18-12/h1-6H,7,14H2. The van der Waals surface area contributed by atoms with Gasteiger partial charge < -0.3 is 15.2 Å². The summed E-state index contributed by atoms with van der Waals surface area (Å²) in [6, 6.07) is 10.1. The first-order valence-corrected chi connectivity index (χ1v) is 5.59. The first-order valence-electron chi connectivity index (χ1n) is 5.59. The fourth-order valence-electron chi connectivity index (χ4n) is 1.96. The van der Waals surface area contributed by atoms with Gasteiger partial charge in [-0.3, -0.25) is 10.1 Å². The molecule has 0 saturated carbocycles. The summed E-state index contributed by atoms with van der Waals surface area (Å²) >= 11 is 0. The molecule has 0 bridgehead atoms. The van der Waals surface area contributed by atoms with Crippen LogP contribution >= 0.6 is 0 Å². The number of nitro benzene ring substituents is 1. The minimum atomic E-state index is -0.494. The van der Waals surface area contributed by atoms with E-state index in [0.29, 0.717) is 17.1 Å². The molecule has 6 heteroatoms. The summed E-state index contributed by atoms with van der Waals surface area (Å²) in [5.74, 6) is 1.31. The van der Waals surface area contributed by atoms with Gasteiger partial charge in [0.05, 0.1) is 4.92 Å². The molecular formula is C13H10N2O4. The maximum absolute atomic E-state index is 10.9. The SMILES string of the molecule is Nc1ccc(-c2ccc3c(c2)OCO3)cc1[N+](=O)[O-]. The predicted octanol–water partition coefficient (Wildman–Crippen LogP) is 2.57. The molecule has 1 aliphatic heterocycles. The zero-order valence-electron chi connectivity index (χ0n) is 9.83. The number of nitro groups is 1. The zero-order valence-corrected chi connectivity index (χ0v) is 9.83. The number of hydrogen-bond donors (Lipinski definition) is 1. The fraction of sp³-hybridized carbons (Fsp3) is 0.0769. The number of nitrogen functional groups attached to an aromatic ring is 1. The van der Waals surface area contributed by atoms with Crippen molar-refractivity contribution in [2.75, 3.05) is 12.5 Å². The average Bonchev–Trinajstić information content (AvgIpc) is 2.86. The minimum absolute atomic E-state index is 0.102. The lowest BCUT2D eigenvalue weighted by Gasteiger charge is -2.04. The largest absolute Gasteiger partial charge is 0.454 e. The quantitative estimate of drug-likeness (QED) is 0.508. The highest BCUT2D eigenvalue weighted by Gasteiger charge is 2.16. The van der Waals surface area contributed by atoms with Gasteiger partial charge in [0, 0.05) is 6.07 Å². The van der Waals surface area contributed by atoms with E-state index in [1.165, 1.54) is 12.1 Å². The van der Waals surface area contributed by atoms with Gasteiger partial charge in [0.1, 0.15) is 5.69 Å². The van der Waals surface area contributed by atoms with Crippen LogP contribution in [0.2, 0.25) is 0 Å². The maximum atomic E-state index is 10.9. The van der Waals surface area contributed by atoms with Crippen LogP contribution in [-0.2, 0) is 0 Å². The van der Waals surface area contributed by atoms with Gasteiger partial charge in [0.2, 0.25) is 6.79 Å². The van der Waals surface area contributed by atoms with E-state index in [2.05, 4.69) is 0 Å². The summed E-state index contributed by atoms with van der Waals surface area (Å²) in [5, 5.41) is 10.9. The molecule has 0 aromatic heterocycles. The second-order valence-corrected chi connectivity index (χ2v) is 4.10. The third kappa shape index (κ3) is 1.93. The second kappa shape index (κ2) is 4.16. The number of hydrogen-bond acceptors (Lipinski definition) is 5. The van der Waals surface area contributed by atoms with Gasteiger partial charge in [-0.25, -0.2) is 0 Å². The Morgan fingerprint density at radius 2 is 1.74 bits per heavy atom. The Labute approximate surface area is 108 Å². The van der Waals surface area contributed by atoms with Gasteiger partial charge in [-0.15, -0.1) is 0 Å². The van der Waals surface area contributed by atoms with Crippen molar-refractivity contribution in [3.63, 3.8) is 0 Å². The summed E-state index contributed by atoms with van der Waals surface area (Å²) in [7, 11) is 0. The van der Waals surface area contributed by atoms with Crippen LogP contribution in [0.4, 0.5) is 11.4 Å². The van der Waals surface area contributed by atoms with Crippen LogP contribution < -0.4 is 15.2 Å². The van der Waals surface area contributed by atoms with E-state index < -0.39 is 4.92 Å². The Morgan fingerprint density at radius 1 is 1.05 bits per heavy atom. The van der Waals surface area contributed by atoms with Crippen LogP contribution in [-0.4, -0.2) is 11.7 Å². The topological polar surface area (TPSA) is 87.6 Å². The van der Waals surface area contributed by atoms with Gasteiger partial charge in [0.25, 0.3) is 5.69 Å². The van der Waals surface area contributed by atoms with Crippen LogP contribution in [0.1, 0.15) is 0 Å². The van der Waals surface area contributed by atoms with Gasteiger partial charge in [0.15, 0.2) is 11.5 Å². The molecule has 0 saturated heterocycles. The summed E-state index contributed by atoms with van der Waals surface area (Å²) in [5.41, 5.74) is 7.14. The molecule has 0 fully saturated rings. The van der Waals surface area contributed by atoms with E-state index in [0.717, 1.165) is 5.56 Å². The summed E-state index contributed by atoms with van der Waals surface area (Å²) in [4.78, 5) is 10.4. The smallest absolute Gasteiger partial charge is 0.292 e. The van der Waals surface area contributed by atoms with Crippen LogP contribution in [0.5, 0.6) is 11.5 Å². The van der Waals surface area contributed by atoms with Crippen molar-refractivity contribution in [1.29, 1.82) is 0 Å². The molecule has 0 spiro atoms. The Balaban J connectivity index is 2.07. The molecule has 0 radical (unpaired) electrons. The minimum Gasteiger partial charge on any atom is -0.454 e. The molecule has 6 nitrogen and oxygen atoms in total. The molecule has 0 unspecified atom stereocenters. The van der Waals surface area contributed by atoms with Crippen molar-refractivity contribution in [3.05, 3.63) is 46.5 Å². The monoisotopic (exact) mass is 258 g/mol. The fourth-order valence-corrected chi connectivity index (χ4v) is 1.96. The summed E-state index contributed by atoms with van der Waals surface area (Å²) in [6.45, 7) is 0.195. The highest BCUT2D eigenvalue weighted by Crippen LogP contribution is 2.37. The molecule has 19 heavy (non-hydrogen) atoms. The Bertz CT molecular complexity index is 670. The highest BCUT2D eigenvalue weighted by molar-refractivity contribution is 5.74. The normalized spacial score (nSPS) is 12.4. The van der Waals surface area contributed by atoms with Crippen LogP contribution in [0, 0.1) is 10.1 Å². The van der Waals surface area contributed by atoms with Crippen molar-refractivity contribution in [1.82, 2.24) is 0 Å². The lowest BCUT2D eigenvalue weighted by atomic mass is 10.0. The van der Waals surface area contributed by atoms with Crippen molar-refractivity contribution >= 4 is 11.4 Å². The molecule has 2 aromatic rings. The summed E-state index contributed by atoms with van der Waals surface area (Å²) in [6.07, 6.45) is 0. The number of ether oxygens (including phenoxy) is 2. The van der Waals surface area contributed by atoms with E-state index in [1.807, 2.05) is 6.07 Å². The van der Waals surface area contributed by atoms with E-state index in [9.17, 15) is 10.1 Å². The van der Waals surface area contributed by atoms with Crippen LogP contribution in [0.3, 0.4) is 0 Å². The molecule has 0 amide bonds. The van der Waals surface area contributed by atoms with Gasteiger partial charge in [-0.2, -0.15) is 0 Å². The number of nitrogens with zero attached hydrogens (tertiary/aromatic N) is 1. The van der Waals surface area contributed by atoms with Crippen molar-refractivity contribution in [2.45, 2.75) is 0 Å². The number of rotatable bonds is 2. The average molecular weight is 258 g/mol. The van der Waals surface area contributed by atoms with E-state index >= 15 is 0 Å². The lowest BCUT2D eigenvalue weighted by Crippen LogP contribution is -1.95. The Morgan fingerprint density at radius 3 is 2.53 bits per heavy atom.